The number of nitrogens with one attached hydrogen (secondary N) is 1. The molecule has 1 saturated heterocycles. The van der Waals surface area contributed by atoms with Crippen molar-refractivity contribution in [3.05, 3.63) is 0 Å². The average molecular weight is 269 g/mol. The van der Waals surface area contributed by atoms with Crippen LogP contribution in [-0.2, 0) is 4.74 Å². The lowest BCUT2D eigenvalue weighted by Gasteiger charge is -2.32. The largest absolute Gasteiger partial charge is 0.387 e. The van der Waals surface area contributed by atoms with E-state index >= 15 is 0 Å². The van der Waals surface area contributed by atoms with Crippen LogP contribution in [0.25, 0.3) is 0 Å². The molecule has 4 nitrogen and oxygen atoms in total. The van der Waals surface area contributed by atoms with Crippen LogP contribution < -0.4 is 5.73 Å². The number of amidine groups is 1. The normalized spacial score (nSPS) is 21.5. The van der Waals surface area contributed by atoms with Gasteiger partial charge in [-0.05, 0) is 44.7 Å². The molecule has 0 aliphatic carbocycles. The van der Waals surface area contributed by atoms with E-state index in [9.17, 15) is 0 Å². The van der Waals surface area contributed by atoms with E-state index in [0.29, 0.717) is 11.8 Å². The van der Waals surface area contributed by atoms with Gasteiger partial charge in [-0.1, -0.05) is 20.3 Å². The Bertz CT molecular complexity index is 277. The van der Waals surface area contributed by atoms with Crippen LogP contribution in [0.2, 0.25) is 0 Å². The van der Waals surface area contributed by atoms with Crippen molar-refractivity contribution >= 4 is 5.84 Å². The van der Waals surface area contributed by atoms with E-state index in [1.54, 1.807) is 7.11 Å². The van der Waals surface area contributed by atoms with Gasteiger partial charge >= 0.3 is 0 Å². The Morgan fingerprint density at radius 3 is 2.79 bits per heavy atom. The Morgan fingerprint density at radius 2 is 2.16 bits per heavy atom. The fourth-order valence-corrected chi connectivity index (χ4v) is 2.76. The summed E-state index contributed by atoms with van der Waals surface area (Å²) in [6.45, 7) is 8.61. The summed E-state index contributed by atoms with van der Waals surface area (Å²) in [4.78, 5) is 2.56. The first-order valence-electron chi connectivity index (χ1n) is 7.51. The van der Waals surface area contributed by atoms with Crippen LogP contribution in [0.5, 0.6) is 0 Å². The third-order valence-corrected chi connectivity index (χ3v) is 4.26. The van der Waals surface area contributed by atoms with Crippen LogP contribution in [0.3, 0.4) is 0 Å². The van der Waals surface area contributed by atoms with Gasteiger partial charge in [0.1, 0.15) is 0 Å². The van der Waals surface area contributed by atoms with Crippen LogP contribution in [0, 0.1) is 16.7 Å². The molecule has 4 heteroatoms. The van der Waals surface area contributed by atoms with Crippen molar-refractivity contribution in [1.82, 2.24) is 4.90 Å². The predicted molar refractivity (Wildman–Crippen MR) is 80.6 cm³/mol. The van der Waals surface area contributed by atoms with Crippen LogP contribution in [0.15, 0.2) is 0 Å². The Morgan fingerprint density at radius 1 is 1.42 bits per heavy atom. The molecule has 19 heavy (non-hydrogen) atoms. The van der Waals surface area contributed by atoms with Crippen molar-refractivity contribution in [3.63, 3.8) is 0 Å². The monoisotopic (exact) mass is 269 g/mol. The second-order valence-electron chi connectivity index (χ2n) is 6.52. The molecule has 0 aromatic rings. The third kappa shape index (κ3) is 5.91. The molecule has 1 atom stereocenters. The highest BCUT2D eigenvalue weighted by Crippen LogP contribution is 2.23. The molecule has 0 spiro atoms. The van der Waals surface area contributed by atoms with Crippen LogP contribution in [-0.4, -0.2) is 44.1 Å². The van der Waals surface area contributed by atoms with E-state index < -0.39 is 0 Å². The Hall–Kier alpha value is -0.610. The van der Waals surface area contributed by atoms with Gasteiger partial charge in [-0.2, -0.15) is 0 Å². The summed E-state index contributed by atoms with van der Waals surface area (Å²) in [6.07, 6.45) is 5.97. The Labute approximate surface area is 118 Å². The first-order chi connectivity index (χ1) is 8.95. The van der Waals surface area contributed by atoms with E-state index in [0.717, 1.165) is 19.4 Å². The van der Waals surface area contributed by atoms with Gasteiger partial charge in [-0.15, -0.1) is 0 Å². The molecular formula is C15H31N3O. The van der Waals surface area contributed by atoms with Crippen LogP contribution >= 0.6 is 0 Å². The summed E-state index contributed by atoms with van der Waals surface area (Å²) in [7, 11) is 1.79. The molecule has 1 aliphatic rings. The zero-order valence-corrected chi connectivity index (χ0v) is 12.9. The van der Waals surface area contributed by atoms with E-state index in [1.165, 1.54) is 38.9 Å². The van der Waals surface area contributed by atoms with Gasteiger partial charge in [0.2, 0.25) is 0 Å². The minimum atomic E-state index is -0.138. The van der Waals surface area contributed by atoms with Crippen molar-refractivity contribution in [2.75, 3.05) is 33.4 Å². The number of methoxy groups -OCH3 is 1. The summed E-state index contributed by atoms with van der Waals surface area (Å²) in [6, 6.07) is 0. The fourth-order valence-electron chi connectivity index (χ4n) is 2.76. The zero-order chi connectivity index (χ0) is 14.3. The Balaban J connectivity index is 2.17. The van der Waals surface area contributed by atoms with E-state index in [1.807, 2.05) is 0 Å². The van der Waals surface area contributed by atoms with Gasteiger partial charge in [0, 0.05) is 19.1 Å². The highest BCUT2D eigenvalue weighted by molar-refractivity contribution is 5.82. The molecule has 1 rings (SSSR count). The first-order valence-corrected chi connectivity index (χ1v) is 7.51. The number of ether oxygens (including phenoxy) is 1. The highest BCUT2D eigenvalue weighted by atomic mass is 16.5. The first kappa shape index (κ1) is 16.4. The maximum absolute atomic E-state index is 7.55. The molecule has 0 saturated carbocycles. The van der Waals surface area contributed by atoms with Gasteiger partial charge in [0.25, 0.3) is 0 Å². The molecule has 0 radical (unpaired) electrons. The average Bonchev–Trinajstić information content (AvgIpc) is 2.35. The number of nitrogens with two attached hydrogens (primary N) is 1. The van der Waals surface area contributed by atoms with Crippen molar-refractivity contribution in [3.8, 4) is 0 Å². The van der Waals surface area contributed by atoms with Gasteiger partial charge in [-0.3, -0.25) is 5.41 Å². The summed E-state index contributed by atoms with van der Waals surface area (Å²) in [5, 5.41) is 7.55. The second-order valence-corrected chi connectivity index (χ2v) is 6.52. The molecule has 0 aromatic carbocycles. The molecule has 1 aliphatic heterocycles. The standard InChI is InChI=1S/C15H31N3O/c1-15(2,14(16)17)8-4-5-9-18-10-6-7-13(11-18)12-19-3/h13H,4-12H2,1-3H3,(H3,16,17). The minimum Gasteiger partial charge on any atom is -0.387 e. The molecule has 112 valence electrons. The quantitative estimate of drug-likeness (QED) is 0.404. The lowest BCUT2D eigenvalue weighted by atomic mass is 9.86. The maximum atomic E-state index is 7.55. The van der Waals surface area contributed by atoms with Gasteiger partial charge < -0.3 is 15.4 Å². The number of hydrogen-bond acceptors (Lipinski definition) is 3. The third-order valence-electron chi connectivity index (χ3n) is 4.26. The summed E-state index contributed by atoms with van der Waals surface area (Å²) in [5.41, 5.74) is 5.47. The number of unbranched alkanes of at least 4 members (excludes halogenated alkanes) is 1. The molecule has 0 bridgehead atoms. The highest BCUT2D eigenvalue weighted by Gasteiger charge is 2.22. The number of likely N-dealkylation sites (tertiary alicyclic amines) is 1. The molecule has 1 fully saturated rings. The molecule has 0 aromatic heterocycles. The van der Waals surface area contributed by atoms with Crippen molar-refractivity contribution < 1.29 is 4.74 Å². The van der Waals surface area contributed by atoms with Crippen molar-refractivity contribution in [2.24, 2.45) is 17.1 Å². The molecule has 1 heterocycles. The topological polar surface area (TPSA) is 62.3 Å². The van der Waals surface area contributed by atoms with Gasteiger partial charge in [0.15, 0.2) is 0 Å². The SMILES string of the molecule is COCC1CCCN(CCCCC(C)(C)C(=N)N)C1. The van der Waals surface area contributed by atoms with E-state index in [4.69, 9.17) is 15.9 Å². The second kappa shape index (κ2) is 7.85. The number of hydrogen-bond donors (Lipinski definition) is 2. The zero-order valence-electron chi connectivity index (χ0n) is 12.9. The lowest BCUT2D eigenvalue weighted by molar-refractivity contribution is 0.0895. The number of rotatable bonds is 8. The molecular weight excluding hydrogens is 238 g/mol. The number of piperidine rings is 1. The molecule has 1 unspecified atom stereocenters. The summed E-state index contributed by atoms with van der Waals surface area (Å²) < 4.78 is 5.26. The van der Waals surface area contributed by atoms with Crippen molar-refractivity contribution in [1.29, 1.82) is 5.41 Å². The van der Waals surface area contributed by atoms with E-state index in [-0.39, 0.29) is 5.41 Å². The Kier molecular flexibility index (Phi) is 6.80. The minimum absolute atomic E-state index is 0.138. The molecule has 3 N–H and O–H groups in total. The van der Waals surface area contributed by atoms with Crippen molar-refractivity contribution in [2.45, 2.75) is 46.0 Å². The van der Waals surface area contributed by atoms with Gasteiger partial charge in [0.05, 0.1) is 12.4 Å². The predicted octanol–water partition coefficient (Wildman–Crippen LogP) is 2.48. The smallest absolute Gasteiger partial charge is 0.0963 e. The van der Waals surface area contributed by atoms with Crippen LogP contribution in [0.1, 0.15) is 46.0 Å². The number of nitrogens with zero attached hydrogens (tertiary/aromatic N) is 1. The fraction of sp³-hybridized carbons (Fsp3) is 0.933. The summed E-state index contributed by atoms with van der Waals surface area (Å²) in [5.74, 6) is 1.03. The summed E-state index contributed by atoms with van der Waals surface area (Å²) >= 11 is 0. The van der Waals surface area contributed by atoms with Crippen LogP contribution in [0.4, 0.5) is 0 Å². The molecule has 0 amide bonds. The van der Waals surface area contributed by atoms with E-state index in [2.05, 4.69) is 18.7 Å². The lowest BCUT2D eigenvalue weighted by Crippen LogP contribution is -2.37. The van der Waals surface area contributed by atoms with Gasteiger partial charge in [-0.25, -0.2) is 0 Å². The maximum Gasteiger partial charge on any atom is 0.0963 e.